The maximum absolute atomic E-state index is 11.4. The molecule has 6 unspecified atom stereocenters. The number of nitrogens with two attached hydrogens (primary N) is 2. The van der Waals surface area contributed by atoms with Gasteiger partial charge in [-0.3, -0.25) is 0 Å². The Hall–Kier alpha value is -2.14. The summed E-state index contributed by atoms with van der Waals surface area (Å²) >= 11 is 0. The van der Waals surface area contributed by atoms with Crippen LogP contribution in [0.5, 0.6) is 11.5 Å². The van der Waals surface area contributed by atoms with Crippen molar-refractivity contribution < 1.29 is 26.3 Å². The highest BCUT2D eigenvalue weighted by molar-refractivity contribution is 7.89. The maximum atomic E-state index is 11.4. The molecule has 3 fully saturated rings. The van der Waals surface area contributed by atoms with Crippen molar-refractivity contribution in [3.63, 3.8) is 0 Å². The zero-order chi connectivity index (χ0) is 24.1. The molecule has 0 heterocycles. The van der Waals surface area contributed by atoms with Gasteiger partial charge in [-0.05, 0) is 110 Å². The molecule has 3 aliphatic carbocycles. The van der Waals surface area contributed by atoms with E-state index in [9.17, 15) is 16.8 Å². The van der Waals surface area contributed by atoms with Gasteiger partial charge < -0.3 is 9.47 Å². The first kappa shape index (κ1) is 23.6. The molecule has 2 aromatic carbocycles. The summed E-state index contributed by atoms with van der Waals surface area (Å²) in [4.78, 5) is 0.169. The standard InChI is InChI=1S/C24H30N2O6S2/c25-33(27,28)20-5-1-18(2-6-20)31-13-15-9-22-16-11-17(23(12-16)24(22)10-15)14-32-19-3-7-21(8-4-19)34(26,29)30/h1-8,15-17,22-24H,9-14H2,(H2,25,27,28)(H2,26,29,30). The van der Waals surface area contributed by atoms with Crippen molar-refractivity contribution >= 4 is 20.0 Å². The summed E-state index contributed by atoms with van der Waals surface area (Å²) in [6.45, 7) is 1.29. The fraction of sp³-hybridized carbons (Fsp3) is 0.500. The third-order valence-electron chi connectivity index (χ3n) is 7.96. The third-order valence-corrected chi connectivity index (χ3v) is 9.82. The van der Waals surface area contributed by atoms with Gasteiger partial charge in [-0.2, -0.15) is 0 Å². The second-order valence-corrected chi connectivity index (χ2v) is 13.1. The quantitative estimate of drug-likeness (QED) is 0.564. The Labute approximate surface area is 200 Å². The van der Waals surface area contributed by atoms with Crippen LogP contribution in [0.2, 0.25) is 0 Å². The molecule has 0 amide bonds. The van der Waals surface area contributed by atoms with Gasteiger partial charge in [0.1, 0.15) is 11.5 Å². The van der Waals surface area contributed by atoms with Crippen LogP contribution in [0.15, 0.2) is 58.3 Å². The van der Waals surface area contributed by atoms with Gasteiger partial charge in [0.05, 0.1) is 23.0 Å². The first-order valence-corrected chi connectivity index (χ1v) is 14.7. The topological polar surface area (TPSA) is 139 Å². The molecule has 0 spiro atoms. The molecule has 6 atom stereocenters. The van der Waals surface area contributed by atoms with Gasteiger partial charge in [-0.1, -0.05) is 0 Å². The summed E-state index contributed by atoms with van der Waals surface area (Å²) in [6, 6.07) is 12.5. The van der Waals surface area contributed by atoms with E-state index >= 15 is 0 Å². The molecule has 10 heteroatoms. The number of ether oxygens (including phenoxy) is 2. The molecule has 3 aliphatic rings. The SMILES string of the molecule is NS(=O)(=O)c1ccc(OCC2CC3C4CC(COc5ccc(S(N)(=O)=O)cc5)C(C4)C3C2)cc1. The minimum absolute atomic E-state index is 0.0837. The van der Waals surface area contributed by atoms with Crippen molar-refractivity contribution in [2.24, 2.45) is 45.8 Å². The number of rotatable bonds is 8. The smallest absolute Gasteiger partial charge is 0.238 e. The molecule has 4 N–H and O–H groups in total. The van der Waals surface area contributed by atoms with E-state index in [0.717, 1.165) is 18.3 Å². The number of sulfonamides is 2. The molecule has 0 saturated heterocycles. The highest BCUT2D eigenvalue weighted by Gasteiger charge is 2.55. The number of benzene rings is 2. The van der Waals surface area contributed by atoms with Crippen molar-refractivity contribution in [3.8, 4) is 11.5 Å². The first-order chi connectivity index (χ1) is 16.1. The van der Waals surface area contributed by atoms with Gasteiger partial charge in [-0.15, -0.1) is 0 Å². The normalized spacial score (nSPS) is 30.3. The van der Waals surface area contributed by atoms with Crippen LogP contribution < -0.4 is 19.8 Å². The van der Waals surface area contributed by atoms with Crippen molar-refractivity contribution in [2.75, 3.05) is 13.2 Å². The van der Waals surface area contributed by atoms with E-state index in [0.29, 0.717) is 48.4 Å². The molecule has 3 saturated carbocycles. The molecule has 8 nitrogen and oxygen atoms in total. The molecule has 0 aromatic heterocycles. The average molecular weight is 507 g/mol. The van der Waals surface area contributed by atoms with Gasteiger partial charge in [0, 0.05) is 0 Å². The van der Waals surface area contributed by atoms with E-state index in [4.69, 9.17) is 19.8 Å². The van der Waals surface area contributed by atoms with E-state index in [2.05, 4.69) is 0 Å². The van der Waals surface area contributed by atoms with Gasteiger partial charge in [0.15, 0.2) is 0 Å². The Morgan fingerprint density at radius 2 is 1.15 bits per heavy atom. The fourth-order valence-electron chi connectivity index (χ4n) is 6.52. The second-order valence-electron chi connectivity index (χ2n) is 9.98. The van der Waals surface area contributed by atoms with E-state index in [-0.39, 0.29) is 9.79 Å². The Morgan fingerprint density at radius 3 is 1.68 bits per heavy atom. The lowest BCUT2D eigenvalue weighted by Crippen LogP contribution is -2.28. The lowest BCUT2D eigenvalue weighted by Gasteiger charge is -2.31. The largest absolute Gasteiger partial charge is 0.493 e. The van der Waals surface area contributed by atoms with Gasteiger partial charge >= 0.3 is 0 Å². The van der Waals surface area contributed by atoms with Gasteiger partial charge in [0.2, 0.25) is 20.0 Å². The first-order valence-electron chi connectivity index (χ1n) is 11.6. The monoisotopic (exact) mass is 506 g/mol. The summed E-state index contributed by atoms with van der Waals surface area (Å²) in [5.41, 5.74) is 0. The minimum atomic E-state index is -3.70. The fourth-order valence-corrected chi connectivity index (χ4v) is 7.55. The van der Waals surface area contributed by atoms with Gasteiger partial charge in [-0.25, -0.2) is 27.1 Å². The van der Waals surface area contributed by atoms with Gasteiger partial charge in [0.25, 0.3) is 0 Å². The number of hydrogen-bond acceptors (Lipinski definition) is 6. The van der Waals surface area contributed by atoms with E-state index in [1.165, 1.54) is 43.5 Å². The second kappa shape index (κ2) is 8.82. The van der Waals surface area contributed by atoms with Crippen LogP contribution in [-0.2, 0) is 20.0 Å². The van der Waals surface area contributed by atoms with Crippen LogP contribution in [0.3, 0.4) is 0 Å². The van der Waals surface area contributed by atoms with Crippen molar-refractivity contribution in [1.29, 1.82) is 0 Å². The lowest BCUT2D eigenvalue weighted by atomic mass is 9.76. The molecule has 34 heavy (non-hydrogen) atoms. The van der Waals surface area contributed by atoms with Crippen molar-refractivity contribution in [1.82, 2.24) is 0 Å². The molecular weight excluding hydrogens is 476 g/mol. The zero-order valence-electron chi connectivity index (χ0n) is 18.7. The molecule has 0 radical (unpaired) electrons. The number of hydrogen-bond donors (Lipinski definition) is 2. The average Bonchev–Trinajstić information content (AvgIpc) is 3.47. The highest BCUT2D eigenvalue weighted by Crippen LogP contribution is 2.62. The summed E-state index contributed by atoms with van der Waals surface area (Å²) in [5, 5.41) is 10.3. The minimum Gasteiger partial charge on any atom is -0.493 e. The maximum Gasteiger partial charge on any atom is 0.238 e. The molecule has 0 aliphatic heterocycles. The van der Waals surface area contributed by atoms with Crippen LogP contribution in [0.1, 0.15) is 25.7 Å². The van der Waals surface area contributed by atoms with E-state index in [1.807, 2.05) is 0 Å². The molecule has 184 valence electrons. The predicted molar refractivity (Wildman–Crippen MR) is 126 cm³/mol. The van der Waals surface area contributed by atoms with Crippen LogP contribution in [-0.4, -0.2) is 30.0 Å². The molecule has 5 rings (SSSR count). The van der Waals surface area contributed by atoms with Crippen molar-refractivity contribution in [3.05, 3.63) is 48.5 Å². The predicted octanol–water partition coefficient (Wildman–Crippen LogP) is 2.74. The van der Waals surface area contributed by atoms with Crippen LogP contribution in [0.4, 0.5) is 0 Å². The Morgan fingerprint density at radius 1 is 0.647 bits per heavy atom. The molecular formula is C24H30N2O6S2. The highest BCUT2D eigenvalue weighted by atomic mass is 32.2. The van der Waals surface area contributed by atoms with E-state index < -0.39 is 20.0 Å². The van der Waals surface area contributed by atoms with Crippen LogP contribution >= 0.6 is 0 Å². The lowest BCUT2D eigenvalue weighted by molar-refractivity contribution is 0.132. The van der Waals surface area contributed by atoms with Crippen molar-refractivity contribution in [2.45, 2.75) is 35.5 Å². The Kier molecular flexibility index (Phi) is 6.12. The molecule has 2 bridgehead atoms. The summed E-state index contributed by atoms with van der Waals surface area (Å²) < 4.78 is 57.6. The zero-order valence-corrected chi connectivity index (χ0v) is 20.4. The summed E-state index contributed by atoms with van der Waals surface area (Å²) in [7, 11) is -7.39. The molecule has 2 aromatic rings. The van der Waals surface area contributed by atoms with E-state index in [1.54, 1.807) is 24.3 Å². The Bertz CT molecular complexity index is 1250. The number of fused-ring (bicyclic) bond motifs is 5. The van der Waals surface area contributed by atoms with Crippen LogP contribution in [0.25, 0.3) is 0 Å². The summed E-state index contributed by atoms with van der Waals surface area (Å²) in [6.07, 6.45) is 4.80. The third kappa shape index (κ3) is 4.82. The Balaban J connectivity index is 1.13. The number of primary sulfonamides is 2. The summed E-state index contributed by atoms with van der Waals surface area (Å²) in [5.74, 6) is 5.22. The van der Waals surface area contributed by atoms with Crippen LogP contribution in [0, 0.1) is 35.5 Å².